The maximum absolute atomic E-state index is 13.4. The number of nitrogens with zero attached hydrogens (tertiary/aromatic N) is 2. The Kier molecular flexibility index (Phi) is 11.5. The lowest BCUT2D eigenvalue weighted by molar-refractivity contribution is -0.143. The molecule has 2 aromatic rings. The molecular formula is C27H37N7O5S. The van der Waals surface area contributed by atoms with E-state index in [9.17, 15) is 24.3 Å². The van der Waals surface area contributed by atoms with E-state index >= 15 is 0 Å². The maximum Gasteiger partial charge on any atom is 0.326 e. The molecule has 1 fully saturated rings. The molecule has 0 aliphatic carbocycles. The molecule has 1 aromatic heterocycles. The number of carboxylic acids is 1. The summed E-state index contributed by atoms with van der Waals surface area (Å²) in [6.07, 6.45) is 2.00. The molecule has 0 radical (unpaired) electrons. The monoisotopic (exact) mass is 571 g/mol. The van der Waals surface area contributed by atoms with E-state index in [1.807, 2.05) is 35.7 Å². The van der Waals surface area contributed by atoms with Crippen LogP contribution in [0.5, 0.6) is 0 Å². The number of nitrogens with one attached hydrogen (secondary N) is 2. The molecule has 9 N–H and O–H groups in total. The van der Waals surface area contributed by atoms with Crippen LogP contribution in [0.2, 0.25) is 0 Å². The SMILES string of the molecule is NC(N)=NCCC[C@@H](NC(=O)[C@@H]1CCCN1C(=O)[C@H](N)Cc1ccccc1)C(=O)N[C@@H](Cc1cccs1)C(=O)O. The summed E-state index contributed by atoms with van der Waals surface area (Å²) in [4.78, 5) is 57.8. The minimum Gasteiger partial charge on any atom is -0.480 e. The van der Waals surface area contributed by atoms with Gasteiger partial charge in [0.1, 0.15) is 18.1 Å². The fourth-order valence-electron chi connectivity index (χ4n) is 4.61. The van der Waals surface area contributed by atoms with Crippen molar-refractivity contribution in [1.29, 1.82) is 0 Å². The molecule has 12 nitrogen and oxygen atoms in total. The van der Waals surface area contributed by atoms with Crippen molar-refractivity contribution in [1.82, 2.24) is 15.5 Å². The molecular weight excluding hydrogens is 534 g/mol. The first-order chi connectivity index (χ1) is 19.2. The number of likely N-dealkylation sites (tertiary alicyclic amines) is 1. The van der Waals surface area contributed by atoms with Gasteiger partial charge in [0, 0.05) is 24.4 Å². The number of guanidine groups is 1. The van der Waals surface area contributed by atoms with Gasteiger partial charge in [0.25, 0.3) is 0 Å². The Labute approximate surface area is 237 Å². The standard InChI is InChI=1S/C27H37N7O5S/c28-19(15-17-7-2-1-3-8-17)25(37)34-13-5-11-22(34)24(36)32-20(10-4-12-31-27(29)30)23(35)33-21(26(38)39)16-18-9-6-14-40-18/h1-3,6-9,14,19-22H,4-5,10-13,15-16,28H2,(H,32,36)(H,33,35)(H,38,39)(H4,29,30,31)/t19-,20-,21+,22+/m1/s1. The van der Waals surface area contributed by atoms with Gasteiger partial charge in [-0.3, -0.25) is 19.4 Å². The number of benzene rings is 1. The van der Waals surface area contributed by atoms with Gasteiger partial charge in [-0.15, -0.1) is 11.3 Å². The molecule has 216 valence electrons. The number of carboxylic acid groups (broad SMARTS) is 1. The topological polar surface area (TPSA) is 206 Å². The average molecular weight is 572 g/mol. The molecule has 3 rings (SSSR count). The van der Waals surface area contributed by atoms with Gasteiger partial charge in [-0.1, -0.05) is 36.4 Å². The normalized spacial score (nSPS) is 16.9. The van der Waals surface area contributed by atoms with Crippen molar-refractivity contribution in [3.8, 4) is 0 Å². The molecule has 0 spiro atoms. The molecule has 0 saturated carbocycles. The summed E-state index contributed by atoms with van der Waals surface area (Å²) in [7, 11) is 0. The Bertz CT molecular complexity index is 1170. The van der Waals surface area contributed by atoms with E-state index < -0.39 is 42.0 Å². The molecule has 0 unspecified atom stereocenters. The van der Waals surface area contributed by atoms with E-state index in [1.54, 1.807) is 12.1 Å². The first-order valence-corrected chi connectivity index (χ1v) is 14.0. The molecule has 4 atom stereocenters. The van der Waals surface area contributed by atoms with E-state index in [1.165, 1.54) is 16.2 Å². The van der Waals surface area contributed by atoms with Crippen LogP contribution < -0.4 is 27.8 Å². The summed E-state index contributed by atoms with van der Waals surface area (Å²) in [6.45, 7) is 0.602. The Hall–Kier alpha value is -3.97. The number of hydrogen-bond acceptors (Lipinski definition) is 7. The van der Waals surface area contributed by atoms with Gasteiger partial charge in [0.15, 0.2) is 5.96 Å². The highest BCUT2D eigenvalue weighted by Gasteiger charge is 2.38. The highest BCUT2D eigenvalue weighted by atomic mass is 32.1. The number of aliphatic carboxylic acids is 1. The molecule has 2 heterocycles. The van der Waals surface area contributed by atoms with Gasteiger partial charge in [-0.05, 0) is 49.1 Å². The fourth-order valence-corrected chi connectivity index (χ4v) is 5.37. The maximum atomic E-state index is 13.4. The largest absolute Gasteiger partial charge is 0.480 e. The zero-order valence-corrected chi connectivity index (χ0v) is 23.0. The van der Waals surface area contributed by atoms with Crippen LogP contribution in [0.15, 0.2) is 52.8 Å². The number of hydrogen-bond donors (Lipinski definition) is 6. The van der Waals surface area contributed by atoms with E-state index in [0.717, 1.165) is 10.4 Å². The lowest BCUT2D eigenvalue weighted by Gasteiger charge is -2.28. The number of carbonyl (C=O) groups is 4. The van der Waals surface area contributed by atoms with Crippen LogP contribution in [0, 0.1) is 0 Å². The molecule has 40 heavy (non-hydrogen) atoms. The van der Waals surface area contributed by atoms with Crippen LogP contribution in [0.1, 0.15) is 36.1 Å². The van der Waals surface area contributed by atoms with Crippen LogP contribution in [0.25, 0.3) is 0 Å². The van der Waals surface area contributed by atoms with E-state index in [0.29, 0.717) is 32.2 Å². The van der Waals surface area contributed by atoms with Crippen LogP contribution in [-0.2, 0) is 32.0 Å². The summed E-state index contributed by atoms with van der Waals surface area (Å²) in [5, 5.41) is 16.8. The summed E-state index contributed by atoms with van der Waals surface area (Å²) in [5.74, 6) is -2.76. The third-order valence-corrected chi connectivity index (χ3v) is 7.53. The number of nitrogens with two attached hydrogens (primary N) is 3. The summed E-state index contributed by atoms with van der Waals surface area (Å²) >= 11 is 1.39. The zero-order valence-electron chi connectivity index (χ0n) is 22.2. The van der Waals surface area contributed by atoms with Crippen molar-refractivity contribution in [2.75, 3.05) is 13.1 Å². The van der Waals surface area contributed by atoms with Gasteiger partial charge in [0.2, 0.25) is 17.7 Å². The second-order valence-electron chi connectivity index (χ2n) is 9.68. The molecule has 1 aromatic carbocycles. The lowest BCUT2D eigenvalue weighted by Crippen LogP contribution is -2.57. The van der Waals surface area contributed by atoms with Crippen LogP contribution in [-0.4, -0.2) is 76.9 Å². The van der Waals surface area contributed by atoms with E-state index in [-0.39, 0.29) is 31.3 Å². The minimum atomic E-state index is -1.19. The molecule has 3 amide bonds. The second kappa shape index (κ2) is 15.0. The highest BCUT2D eigenvalue weighted by molar-refractivity contribution is 7.09. The van der Waals surface area contributed by atoms with Crippen LogP contribution in [0.3, 0.4) is 0 Å². The fraction of sp³-hybridized carbons (Fsp3) is 0.444. The Morgan fingerprint density at radius 2 is 1.80 bits per heavy atom. The third kappa shape index (κ3) is 9.06. The average Bonchev–Trinajstić information content (AvgIpc) is 3.62. The lowest BCUT2D eigenvalue weighted by atomic mass is 10.0. The smallest absolute Gasteiger partial charge is 0.326 e. The van der Waals surface area contributed by atoms with Crippen LogP contribution >= 0.6 is 11.3 Å². The summed E-state index contributed by atoms with van der Waals surface area (Å²) in [6, 6.07) is 9.13. The number of thiophene rings is 1. The predicted octanol–water partition coefficient (Wildman–Crippen LogP) is -0.0406. The minimum absolute atomic E-state index is 0.0983. The van der Waals surface area contributed by atoms with Crippen molar-refractivity contribution in [3.05, 3.63) is 58.3 Å². The number of amides is 3. The summed E-state index contributed by atoms with van der Waals surface area (Å²) in [5.41, 5.74) is 17.9. The second-order valence-corrected chi connectivity index (χ2v) is 10.7. The van der Waals surface area contributed by atoms with E-state index in [4.69, 9.17) is 17.2 Å². The summed E-state index contributed by atoms with van der Waals surface area (Å²) < 4.78 is 0. The molecule has 1 aliphatic rings. The Balaban J connectivity index is 1.68. The van der Waals surface area contributed by atoms with Gasteiger partial charge in [-0.25, -0.2) is 4.79 Å². The first-order valence-electron chi connectivity index (χ1n) is 13.2. The van der Waals surface area contributed by atoms with Gasteiger partial charge in [-0.2, -0.15) is 0 Å². The molecule has 1 saturated heterocycles. The van der Waals surface area contributed by atoms with Gasteiger partial charge >= 0.3 is 5.97 Å². The first kappa shape index (κ1) is 30.6. The Morgan fingerprint density at radius 1 is 1.05 bits per heavy atom. The van der Waals surface area contributed by atoms with Crippen molar-refractivity contribution in [2.45, 2.75) is 62.7 Å². The quantitative estimate of drug-likeness (QED) is 0.103. The van der Waals surface area contributed by atoms with Crippen LogP contribution in [0.4, 0.5) is 0 Å². The third-order valence-electron chi connectivity index (χ3n) is 6.63. The molecule has 1 aliphatic heterocycles. The molecule has 13 heteroatoms. The predicted molar refractivity (Wildman–Crippen MR) is 152 cm³/mol. The van der Waals surface area contributed by atoms with Crippen molar-refractivity contribution in [2.24, 2.45) is 22.2 Å². The van der Waals surface area contributed by atoms with Crippen molar-refractivity contribution in [3.63, 3.8) is 0 Å². The number of carbonyl (C=O) groups excluding carboxylic acids is 3. The number of rotatable bonds is 14. The van der Waals surface area contributed by atoms with Gasteiger partial charge in [0.05, 0.1) is 6.04 Å². The molecule has 0 bridgehead atoms. The van der Waals surface area contributed by atoms with Gasteiger partial charge < -0.3 is 37.8 Å². The van der Waals surface area contributed by atoms with E-state index in [2.05, 4.69) is 15.6 Å². The Morgan fingerprint density at radius 3 is 2.45 bits per heavy atom. The zero-order chi connectivity index (χ0) is 29.1. The van der Waals surface area contributed by atoms with Crippen molar-refractivity contribution < 1.29 is 24.3 Å². The van der Waals surface area contributed by atoms with Crippen molar-refractivity contribution >= 4 is 41.0 Å². The highest BCUT2D eigenvalue weighted by Crippen LogP contribution is 2.20. The number of aliphatic imine (C=N–C) groups is 1.